The monoisotopic (exact) mass is 467 g/mol. The van der Waals surface area contributed by atoms with Gasteiger partial charge in [0.1, 0.15) is 5.75 Å². The van der Waals surface area contributed by atoms with E-state index in [1.54, 1.807) is 25.3 Å². The Hall–Kier alpha value is -2.26. The first-order valence-corrected chi connectivity index (χ1v) is 10.5. The zero-order chi connectivity index (χ0) is 21.5. The molecule has 1 heterocycles. The van der Waals surface area contributed by atoms with E-state index in [4.69, 9.17) is 40.2 Å². The Morgan fingerprint density at radius 1 is 1.07 bits per heavy atom. The Bertz CT molecular complexity index is 889. The normalized spacial score (nSPS) is 14.2. The second-order valence-electron chi connectivity index (χ2n) is 6.71. The predicted molar refractivity (Wildman–Crippen MR) is 126 cm³/mol. The summed E-state index contributed by atoms with van der Waals surface area (Å²) in [5.41, 5.74) is 7.04. The maximum atomic E-state index is 12.2. The first kappa shape index (κ1) is 22.4. The molecule has 1 aliphatic heterocycles. The highest BCUT2D eigenvalue weighted by Crippen LogP contribution is 2.25. The molecule has 0 saturated carbocycles. The molecular weight excluding hydrogens is 445 g/mol. The summed E-state index contributed by atoms with van der Waals surface area (Å²) < 4.78 is 5.20. The van der Waals surface area contributed by atoms with Gasteiger partial charge in [0.05, 0.1) is 24.4 Å². The molecule has 0 spiro atoms. The predicted octanol–water partition coefficient (Wildman–Crippen LogP) is 3.14. The molecular formula is C20H23Cl2N5O2S. The number of methoxy groups -OCH3 is 1. The van der Waals surface area contributed by atoms with Crippen molar-refractivity contribution in [1.29, 1.82) is 0 Å². The molecule has 1 amide bonds. The molecule has 10 heteroatoms. The number of carbonyl (C=O) groups is 1. The molecule has 0 aliphatic carbocycles. The summed E-state index contributed by atoms with van der Waals surface area (Å²) in [6, 6.07) is 13.0. The number of hydrogen-bond donors (Lipinski definition) is 3. The molecule has 1 aliphatic rings. The highest BCUT2D eigenvalue weighted by Gasteiger charge is 2.19. The Morgan fingerprint density at radius 2 is 1.77 bits per heavy atom. The van der Waals surface area contributed by atoms with Crippen molar-refractivity contribution < 1.29 is 9.53 Å². The Labute approximate surface area is 191 Å². The smallest absolute Gasteiger partial charge is 0.252 e. The topological polar surface area (TPSA) is 68.9 Å². The second-order valence-corrected chi connectivity index (χ2v) is 7.96. The summed E-state index contributed by atoms with van der Waals surface area (Å²) in [6.07, 6.45) is 0. The van der Waals surface area contributed by atoms with Crippen LogP contribution in [0.5, 0.6) is 5.75 Å². The van der Waals surface area contributed by atoms with Crippen LogP contribution in [-0.2, 0) is 4.79 Å². The summed E-state index contributed by atoms with van der Waals surface area (Å²) in [4.78, 5) is 16.6. The van der Waals surface area contributed by atoms with Gasteiger partial charge in [-0.3, -0.25) is 20.5 Å². The third kappa shape index (κ3) is 6.37. The number of ether oxygens (including phenoxy) is 1. The van der Waals surface area contributed by atoms with E-state index < -0.39 is 0 Å². The largest absolute Gasteiger partial charge is 0.497 e. The molecule has 1 saturated heterocycles. The summed E-state index contributed by atoms with van der Waals surface area (Å²) >= 11 is 17.2. The van der Waals surface area contributed by atoms with Crippen LogP contribution in [0.3, 0.4) is 0 Å². The number of halogens is 2. The lowest BCUT2D eigenvalue weighted by Crippen LogP contribution is -2.52. The van der Waals surface area contributed by atoms with Gasteiger partial charge in [-0.15, -0.1) is 0 Å². The molecule has 0 aromatic heterocycles. The zero-order valence-corrected chi connectivity index (χ0v) is 18.8. The summed E-state index contributed by atoms with van der Waals surface area (Å²) in [6.45, 7) is 3.57. The molecule has 0 radical (unpaired) electrons. The van der Waals surface area contributed by atoms with Crippen LogP contribution in [0.15, 0.2) is 42.5 Å². The van der Waals surface area contributed by atoms with E-state index in [0.717, 1.165) is 37.6 Å². The fourth-order valence-corrected chi connectivity index (χ4v) is 3.69. The minimum Gasteiger partial charge on any atom is -0.497 e. The highest BCUT2D eigenvalue weighted by atomic mass is 35.5. The van der Waals surface area contributed by atoms with Crippen LogP contribution in [0.2, 0.25) is 10.0 Å². The van der Waals surface area contributed by atoms with E-state index in [0.29, 0.717) is 15.7 Å². The molecule has 30 heavy (non-hydrogen) atoms. The van der Waals surface area contributed by atoms with Crippen molar-refractivity contribution in [3.05, 3.63) is 52.5 Å². The summed E-state index contributed by atoms with van der Waals surface area (Å²) in [5, 5.41) is 4.12. The molecule has 2 aromatic carbocycles. The average molecular weight is 468 g/mol. The molecule has 2 aromatic rings. The van der Waals surface area contributed by atoms with Gasteiger partial charge in [0, 0.05) is 36.9 Å². The fraction of sp³-hybridized carbons (Fsp3) is 0.300. The number of hydrazine groups is 1. The standard InChI is InChI=1S/C20H23Cl2N5O2S/c1-29-16-5-3-15(4-6-16)27-10-8-26(9-11-27)13-19(28)24-25-20(30)23-18-7-2-14(21)12-17(18)22/h2-7,12H,8-11,13H2,1H3,(H,24,28)(H2,23,25,30). The van der Waals surface area contributed by atoms with E-state index in [9.17, 15) is 4.79 Å². The maximum absolute atomic E-state index is 12.2. The zero-order valence-electron chi connectivity index (χ0n) is 16.5. The molecule has 1 fully saturated rings. The summed E-state index contributed by atoms with van der Waals surface area (Å²) in [7, 11) is 1.66. The van der Waals surface area contributed by atoms with Crippen molar-refractivity contribution in [3.63, 3.8) is 0 Å². The maximum Gasteiger partial charge on any atom is 0.252 e. The molecule has 3 N–H and O–H groups in total. The molecule has 7 nitrogen and oxygen atoms in total. The lowest BCUT2D eigenvalue weighted by molar-refractivity contribution is -0.122. The first-order chi connectivity index (χ1) is 14.4. The number of nitrogens with one attached hydrogen (secondary N) is 3. The Kier molecular flexibility index (Phi) is 7.98. The lowest BCUT2D eigenvalue weighted by atomic mass is 10.2. The van der Waals surface area contributed by atoms with E-state index in [1.807, 2.05) is 24.3 Å². The van der Waals surface area contributed by atoms with Crippen LogP contribution in [0.25, 0.3) is 0 Å². The fourth-order valence-electron chi connectivity index (χ4n) is 3.07. The number of thiocarbonyl (C=S) groups is 1. The van der Waals surface area contributed by atoms with Gasteiger partial charge in [-0.05, 0) is 54.7 Å². The van der Waals surface area contributed by atoms with Crippen LogP contribution < -0.4 is 25.8 Å². The Balaban J connectivity index is 1.38. The van der Waals surface area contributed by atoms with Gasteiger partial charge in [0.25, 0.3) is 5.91 Å². The van der Waals surface area contributed by atoms with Crippen LogP contribution in [0, 0.1) is 0 Å². The van der Waals surface area contributed by atoms with Gasteiger partial charge in [-0.1, -0.05) is 23.2 Å². The Morgan fingerprint density at radius 3 is 2.40 bits per heavy atom. The lowest BCUT2D eigenvalue weighted by Gasteiger charge is -2.35. The minimum absolute atomic E-state index is 0.167. The third-order valence-corrected chi connectivity index (χ3v) is 5.42. The van der Waals surface area contributed by atoms with Crippen LogP contribution in [0.1, 0.15) is 0 Å². The molecule has 0 atom stereocenters. The van der Waals surface area contributed by atoms with Gasteiger partial charge < -0.3 is 15.0 Å². The molecule has 0 unspecified atom stereocenters. The van der Waals surface area contributed by atoms with Gasteiger partial charge in [-0.2, -0.15) is 0 Å². The minimum atomic E-state index is -0.167. The third-order valence-electron chi connectivity index (χ3n) is 4.67. The molecule has 3 rings (SSSR count). The average Bonchev–Trinajstić information content (AvgIpc) is 2.75. The van der Waals surface area contributed by atoms with Crippen molar-refractivity contribution in [2.75, 3.05) is 50.1 Å². The number of piperazine rings is 1. The number of carbonyl (C=O) groups excluding carboxylic acids is 1. The van der Waals surface area contributed by atoms with Crippen molar-refractivity contribution >= 4 is 57.8 Å². The van der Waals surface area contributed by atoms with Crippen molar-refractivity contribution in [1.82, 2.24) is 15.8 Å². The number of anilines is 2. The van der Waals surface area contributed by atoms with Crippen LogP contribution >= 0.6 is 35.4 Å². The number of amides is 1. The van der Waals surface area contributed by atoms with E-state index in [1.165, 1.54) is 0 Å². The first-order valence-electron chi connectivity index (χ1n) is 9.37. The number of nitrogens with zero attached hydrogens (tertiary/aromatic N) is 2. The van der Waals surface area contributed by atoms with Crippen molar-refractivity contribution in [3.8, 4) is 5.75 Å². The van der Waals surface area contributed by atoms with Gasteiger partial charge in [0.2, 0.25) is 0 Å². The number of hydrogen-bond acceptors (Lipinski definition) is 5. The number of rotatable bonds is 5. The van der Waals surface area contributed by atoms with E-state index in [-0.39, 0.29) is 17.6 Å². The second kappa shape index (κ2) is 10.7. The van der Waals surface area contributed by atoms with E-state index in [2.05, 4.69) is 26.0 Å². The van der Waals surface area contributed by atoms with Crippen molar-refractivity contribution in [2.24, 2.45) is 0 Å². The summed E-state index contributed by atoms with van der Waals surface area (Å²) in [5.74, 6) is 0.673. The quantitative estimate of drug-likeness (QED) is 0.460. The molecule has 160 valence electrons. The van der Waals surface area contributed by atoms with Gasteiger partial charge in [0.15, 0.2) is 5.11 Å². The van der Waals surface area contributed by atoms with Gasteiger partial charge >= 0.3 is 0 Å². The SMILES string of the molecule is COc1ccc(N2CCN(CC(=O)NNC(=S)Nc3ccc(Cl)cc3Cl)CC2)cc1. The van der Waals surface area contributed by atoms with Gasteiger partial charge in [-0.25, -0.2) is 0 Å². The van der Waals surface area contributed by atoms with Crippen LogP contribution in [-0.4, -0.2) is 55.8 Å². The van der Waals surface area contributed by atoms with Crippen molar-refractivity contribution in [2.45, 2.75) is 0 Å². The highest BCUT2D eigenvalue weighted by molar-refractivity contribution is 7.80. The van der Waals surface area contributed by atoms with Crippen LogP contribution in [0.4, 0.5) is 11.4 Å². The van der Waals surface area contributed by atoms with E-state index >= 15 is 0 Å². The molecule has 0 bridgehead atoms. The number of benzene rings is 2.